The summed E-state index contributed by atoms with van der Waals surface area (Å²) in [4.78, 5) is 7.13. The third-order valence-electron chi connectivity index (χ3n) is 4.57. The van der Waals surface area contributed by atoms with E-state index in [9.17, 15) is 0 Å². The van der Waals surface area contributed by atoms with Crippen molar-refractivity contribution in [2.75, 3.05) is 13.2 Å². The van der Waals surface area contributed by atoms with Crippen LogP contribution in [-0.4, -0.2) is 22.8 Å². The molecule has 4 aromatic rings. The van der Waals surface area contributed by atoms with Crippen molar-refractivity contribution in [2.24, 2.45) is 0 Å². The Hall–Kier alpha value is -3.05. The van der Waals surface area contributed by atoms with Crippen LogP contribution < -0.4 is 9.47 Å². The first kappa shape index (κ1) is 16.1. The first-order valence-corrected chi connectivity index (χ1v) is 9.72. The van der Waals surface area contributed by atoms with Crippen molar-refractivity contribution in [3.63, 3.8) is 0 Å². The van der Waals surface area contributed by atoms with Gasteiger partial charge in [-0.15, -0.1) is 11.3 Å². The van der Waals surface area contributed by atoms with E-state index in [2.05, 4.69) is 42.0 Å². The number of imidazole rings is 1. The van der Waals surface area contributed by atoms with Crippen LogP contribution in [0.1, 0.15) is 4.88 Å². The maximum atomic E-state index is 5.93. The highest BCUT2D eigenvalue weighted by molar-refractivity contribution is 7.16. The fourth-order valence-corrected chi connectivity index (χ4v) is 4.33. The van der Waals surface area contributed by atoms with Gasteiger partial charge in [0.25, 0.3) is 0 Å². The van der Waals surface area contributed by atoms with E-state index in [1.165, 1.54) is 0 Å². The summed E-state index contributed by atoms with van der Waals surface area (Å²) in [6.07, 6.45) is 2.08. The fraction of sp³-hybridized carbons (Fsp3) is 0.136. The van der Waals surface area contributed by atoms with Crippen LogP contribution in [0.4, 0.5) is 0 Å². The number of aryl methyl sites for hydroxylation is 1. The third-order valence-corrected chi connectivity index (χ3v) is 5.66. The standard InChI is InChI=1S/C22H18N2O2S/c1-15-19-20(26-13-12-25-19)21(27-15)18-14-24(17-10-6-3-7-11-17)22(23-18)16-8-4-2-5-9-16/h2-11,14H,12-13H2,1H3. The predicted molar refractivity (Wildman–Crippen MR) is 108 cm³/mol. The molecule has 1 aliphatic rings. The number of hydrogen-bond acceptors (Lipinski definition) is 4. The molecule has 0 atom stereocenters. The SMILES string of the molecule is Cc1sc(-c2cn(-c3ccccc3)c(-c3ccccc3)n2)c2c1OCCO2. The van der Waals surface area contributed by atoms with Crippen LogP contribution >= 0.6 is 11.3 Å². The van der Waals surface area contributed by atoms with Crippen molar-refractivity contribution < 1.29 is 9.47 Å². The Labute approximate surface area is 161 Å². The number of fused-ring (bicyclic) bond motifs is 1. The lowest BCUT2D eigenvalue weighted by atomic mass is 10.2. The van der Waals surface area contributed by atoms with E-state index in [1.54, 1.807) is 11.3 Å². The number of benzene rings is 2. The Kier molecular flexibility index (Phi) is 3.94. The Balaban J connectivity index is 1.71. The van der Waals surface area contributed by atoms with Crippen LogP contribution in [0.15, 0.2) is 66.9 Å². The highest BCUT2D eigenvalue weighted by atomic mass is 32.1. The van der Waals surface area contributed by atoms with E-state index in [0.29, 0.717) is 13.2 Å². The Morgan fingerprint density at radius 1 is 0.889 bits per heavy atom. The average molecular weight is 374 g/mol. The molecule has 2 aromatic heterocycles. The normalized spacial score (nSPS) is 12.9. The largest absolute Gasteiger partial charge is 0.485 e. The molecule has 0 radical (unpaired) electrons. The molecule has 2 aromatic carbocycles. The molecule has 0 bridgehead atoms. The molecule has 3 heterocycles. The zero-order valence-electron chi connectivity index (χ0n) is 14.9. The maximum Gasteiger partial charge on any atom is 0.181 e. The molecule has 5 heteroatoms. The first-order valence-electron chi connectivity index (χ1n) is 8.91. The van der Waals surface area contributed by atoms with E-state index >= 15 is 0 Å². The van der Waals surface area contributed by atoms with Gasteiger partial charge >= 0.3 is 0 Å². The van der Waals surface area contributed by atoms with Crippen LogP contribution in [0.2, 0.25) is 0 Å². The topological polar surface area (TPSA) is 36.3 Å². The Morgan fingerprint density at radius 2 is 1.56 bits per heavy atom. The smallest absolute Gasteiger partial charge is 0.181 e. The lowest BCUT2D eigenvalue weighted by Crippen LogP contribution is -2.14. The monoisotopic (exact) mass is 374 g/mol. The summed E-state index contributed by atoms with van der Waals surface area (Å²) in [6.45, 7) is 3.23. The molecule has 5 rings (SSSR count). The lowest BCUT2D eigenvalue weighted by molar-refractivity contribution is 0.173. The van der Waals surface area contributed by atoms with Gasteiger partial charge in [0, 0.05) is 22.3 Å². The lowest BCUT2D eigenvalue weighted by Gasteiger charge is -2.16. The molecule has 0 unspecified atom stereocenters. The summed E-state index contributed by atoms with van der Waals surface area (Å²) in [5.74, 6) is 2.59. The molecule has 0 spiro atoms. The van der Waals surface area contributed by atoms with Crippen molar-refractivity contribution in [2.45, 2.75) is 6.92 Å². The van der Waals surface area contributed by atoms with Gasteiger partial charge in [-0.1, -0.05) is 48.5 Å². The van der Waals surface area contributed by atoms with Crippen LogP contribution in [0.25, 0.3) is 27.6 Å². The minimum absolute atomic E-state index is 0.571. The van der Waals surface area contributed by atoms with Crippen molar-refractivity contribution in [3.8, 4) is 39.1 Å². The summed E-state index contributed by atoms with van der Waals surface area (Å²) in [5, 5.41) is 0. The zero-order chi connectivity index (χ0) is 18.2. The second kappa shape index (κ2) is 6.59. The molecule has 0 saturated heterocycles. The number of hydrogen-bond donors (Lipinski definition) is 0. The van der Waals surface area contributed by atoms with E-state index in [1.807, 2.05) is 36.4 Å². The molecule has 0 amide bonds. The number of thiophene rings is 1. The van der Waals surface area contributed by atoms with E-state index in [4.69, 9.17) is 14.5 Å². The van der Waals surface area contributed by atoms with Crippen LogP contribution in [0.3, 0.4) is 0 Å². The van der Waals surface area contributed by atoms with E-state index in [0.717, 1.165) is 44.0 Å². The molecule has 0 N–H and O–H groups in total. The highest BCUT2D eigenvalue weighted by Gasteiger charge is 2.25. The number of ether oxygens (including phenoxy) is 2. The van der Waals surface area contributed by atoms with Gasteiger partial charge in [0.15, 0.2) is 11.5 Å². The molecular weight excluding hydrogens is 356 g/mol. The van der Waals surface area contributed by atoms with Crippen LogP contribution in [0.5, 0.6) is 11.5 Å². The second-order valence-electron chi connectivity index (χ2n) is 6.36. The van der Waals surface area contributed by atoms with Gasteiger partial charge in [0.2, 0.25) is 0 Å². The minimum Gasteiger partial charge on any atom is -0.485 e. The Morgan fingerprint density at radius 3 is 2.30 bits per heavy atom. The molecule has 27 heavy (non-hydrogen) atoms. The number of rotatable bonds is 3. The van der Waals surface area contributed by atoms with Gasteiger partial charge in [-0.2, -0.15) is 0 Å². The van der Waals surface area contributed by atoms with Gasteiger partial charge in [-0.25, -0.2) is 4.98 Å². The molecule has 0 aliphatic carbocycles. The van der Waals surface area contributed by atoms with Gasteiger partial charge < -0.3 is 9.47 Å². The van der Waals surface area contributed by atoms with Crippen molar-refractivity contribution in [3.05, 3.63) is 71.7 Å². The molecule has 4 nitrogen and oxygen atoms in total. The summed E-state index contributed by atoms with van der Waals surface area (Å²) in [5.41, 5.74) is 3.05. The molecular formula is C22H18N2O2S. The van der Waals surface area contributed by atoms with Crippen molar-refractivity contribution in [1.82, 2.24) is 9.55 Å². The Bertz CT molecular complexity index is 1030. The second-order valence-corrected chi connectivity index (χ2v) is 7.59. The number of nitrogens with zero attached hydrogens (tertiary/aromatic N) is 2. The zero-order valence-corrected chi connectivity index (χ0v) is 15.7. The van der Waals surface area contributed by atoms with Gasteiger partial charge in [-0.05, 0) is 19.1 Å². The summed E-state index contributed by atoms with van der Waals surface area (Å²) in [7, 11) is 0. The van der Waals surface area contributed by atoms with Crippen LogP contribution in [-0.2, 0) is 0 Å². The van der Waals surface area contributed by atoms with E-state index in [-0.39, 0.29) is 0 Å². The number of aromatic nitrogens is 2. The molecule has 0 saturated carbocycles. The third kappa shape index (κ3) is 2.80. The van der Waals surface area contributed by atoms with Crippen molar-refractivity contribution >= 4 is 11.3 Å². The van der Waals surface area contributed by atoms with Gasteiger partial charge in [-0.3, -0.25) is 4.57 Å². The summed E-state index contributed by atoms with van der Waals surface area (Å²) < 4.78 is 13.9. The van der Waals surface area contributed by atoms with Gasteiger partial charge in [0.1, 0.15) is 29.6 Å². The fourth-order valence-electron chi connectivity index (χ4n) is 3.33. The number of para-hydroxylation sites is 1. The van der Waals surface area contributed by atoms with E-state index < -0.39 is 0 Å². The first-order chi connectivity index (χ1) is 13.3. The molecule has 134 valence electrons. The minimum atomic E-state index is 0.571. The molecule has 0 fully saturated rings. The highest BCUT2D eigenvalue weighted by Crippen LogP contribution is 2.49. The average Bonchev–Trinajstić information content (AvgIpc) is 3.32. The predicted octanol–water partition coefficient (Wildman–Crippen LogP) is 5.35. The van der Waals surface area contributed by atoms with Crippen LogP contribution in [0, 0.1) is 6.92 Å². The maximum absolute atomic E-state index is 5.93. The summed E-state index contributed by atoms with van der Waals surface area (Å²) >= 11 is 1.67. The summed E-state index contributed by atoms with van der Waals surface area (Å²) in [6, 6.07) is 20.5. The van der Waals surface area contributed by atoms with Gasteiger partial charge in [0.05, 0.1) is 0 Å². The molecule has 1 aliphatic heterocycles. The quantitative estimate of drug-likeness (QED) is 0.485. The van der Waals surface area contributed by atoms with Crippen molar-refractivity contribution in [1.29, 1.82) is 0 Å².